The number of piperidine rings is 1. The predicted octanol–water partition coefficient (Wildman–Crippen LogP) is 4.33. The van der Waals surface area contributed by atoms with Crippen LogP contribution in [0.2, 0.25) is 0 Å². The van der Waals surface area contributed by atoms with Gasteiger partial charge in [0.2, 0.25) is 0 Å². The average molecular weight is 312 g/mol. The molecule has 3 rings (SSSR count). The first-order valence-electron chi connectivity index (χ1n) is 8.09. The molecular weight excluding hydrogens is 288 g/mol. The van der Waals surface area contributed by atoms with Crippen molar-refractivity contribution in [2.75, 3.05) is 26.2 Å². The van der Waals surface area contributed by atoms with E-state index in [0.29, 0.717) is 0 Å². The highest BCUT2D eigenvalue weighted by Gasteiger charge is 2.17. The van der Waals surface area contributed by atoms with Crippen LogP contribution in [0.5, 0.6) is 0 Å². The van der Waals surface area contributed by atoms with Crippen molar-refractivity contribution in [1.29, 1.82) is 0 Å². The number of nitrogens with zero attached hydrogens (tertiary/aromatic N) is 1. The standard InChI is InChI=1S/C19H24N2S/c1-2-14-21(15-16-10-12-20-13-11-16)22-19-9-5-7-17-6-3-4-8-18(17)19/h2-9,16,20H,1,10-15H2. The molecule has 2 aromatic rings. The van der Waals surface area contributed by atoms with Crippen molar-refractivity contribution in [2.24, 2.45) is 5.92 Å². The topological polar surface area (TPSA) is 15.3 Å². The van der Waals surface area contributed by atoms with Crippen LogP contribution in [0.4, 0.5) is 0 Å². The fourth-order valence-electron chi connectivity index (χ4n) is 3.06. The third-order valence-electron chi connectivity index (χ3n) is 4.23. The Labute approximate surface area is 137 Å². The van der Waals surface area contributed by atoms with Crippen LogP contribution in [-0.2, 0) is 0 Å². The van der Waals surface area contributed by atoms with E-state index >= 15 is 0 Å². The first-order chi connectivity index (χ1) is 10.9. The Bertz CT molecular complexity index is 614. The third kappa shape index (κ3) is 3.92. The van der Waals surface area contributed by atoms with Crippen molar-refractivity contribution in [3.8, 4) is 0 Å². The summed E-state index contributed by atoms with van der Waals surface area (Å²) in [6, 6.07) is 15.2. The summed E-state index contributed by atoms with van der Waals surface area (Å²) in [6.45, 7) is 8.32. The molecule has 1 aliphatic rings. The van der Waals surface area contributed by atoms with Crippen LogP contribution in [0, 0.1) is 5.92 Å². The normalized spacial score (nSPS) is 16.2. The van der Waals surface area contributed by atoms with Crippen molar-refractivity contribution in [1.82, 2.24) is 9.62 Å². The number of hydrogen-bond donors (Lipinski definition) is 1. The smallest absolute Gasteiger partial charge is 0.0308 e. The van der Waals surface area contributed by atoms with Gasteiger partial charge in [0, 0.05) is 18.0 Å². The van der Waals surface area contributed by atoms with E-state index < -0.39 is 0 Å². The second-order valence-electron chi connectivity index (χ2n) is 5.90. The lowest BCUT2D eigenvalue weighted by molar-refractivity contribution is 0.314. The van der Waals surface area contributed by atoms with Gasteiger partial charge in [0.25, 0.3) is 0 Å². The summed E-state index contributed by atoms with van der Waals surface area (Å²) in [5.74, 6) is 0.795. The molecule has 2 aromatic carbocycles. The highest BCUT2D eigenvalue weighted by molar-refractivity contribution is 7.97. The highest BCUT2D eigenvalue weighted by atomic mass is 32.2. The largest absolute Gasteiger partial charge is 0.317 e. The molecule has 0 bridgehead atoms. The zero-order valence-electron chi connectivity index (χ0n) is 13.0. The molecule has 1 fully saturated rings. The number of hydrogen-bond acceptors (Lipinski definition) is 3. The Morgan fingerprint density at radius 1 is 1.14 bits per heavy atom. The summed E-state index contributed by atoms with van der Waals surface area (Å²) >= 11 is 1.88. The molecule has 1 saturated heterocycles. The maximum Gasteiger partial charge on any atom is 0.0308 e. The second kappa shape index (κ2) is 7.82. The SMILES string of the molecule is C=CCN(CC1CCNCC1)Sc1cccc2ccccc12. The Morgan fingerprint density at radius 3 is 2.73 bits per heavy atom. The minimum Gasteiger partial charge on any atom is -0.317 e. The highest BCUT2D eigenvalue weighted by Crippen LogP contribution is 2.31. The van der Waals surface area contributed by atoms with Gasteiger partial charge in [-0.3, -0.25) is 0 Å². The van der Waals surface area contributed by atoms with E-state index in [0.717, 1.165) is 32.1 Å². The van der Waals surface area contributed by atoms with E-state index in [9.17, 15) is 0 Å². The molecule has 0 aliphatic carbocycles. The molecule has 3 heteroatoms. The van der Waals surface area contributed by atoms with Gasteiger partial charge in [-0.05, 0) is 60.6 Å². The molecule has 0 unspecified atom stereocenters. The molecular formula is C19H24N2S. The van der Waals surface area contributed by atoms with Crippen molar-refractivity contribution in [2.45, 2.75) is 17.7 Å². The summed E-state index contributed by atoms with van der Waals surface area (Å²) in [4.78, 5) is 1.34. The Balaban J connectivity index is 1.75. The summed E-state index contributed by atoms with van der Waals surface area (Å²) in [6.07, 6.45) is 4.58. The zero-order chi connectivity index (χ0) is 15.2. The van der Waals surface area contributed by atoms with Crippen molar-refractivity contribution in [3.63, 3.8) is 0 Å². The van der Waals surface area contributed by atoms with Gasteiger partial charge in [-0.1, -0.05) is 42.5 Å². The van der Waals surface area contributed by atoms with E-state index in [1.807, 2.05) is 18.0 Å². The number of rotatable bonds is 6. The van der Waals surface area contributed by atoms with Gasteiger partial charge in [0.05, 0.1) is 0 Å². The molecule has 1 aliphatic heterocycles. The maximum atomic E-state index is 3.93. The van der Waals surface area contributed by atoms with Crippen LogP contribution >= 0.6 is 11.9 Å². The first kappa shape index (κ1) is 15.6. The van der Waals surface area contributed by atoms with Crippen LogP contribution in [-0.4, -0.2) is 30.5 Å². The minimum atomic E-state index is 0.795. The molecule has 0 aromatic heterocycles. The van der Waals surface area contributed by atoms with Crippen LogP contribution in [0.25, 0.3) is 10.8 Å². The minimum absolute atomic E-state index is 0.795. The average Bonchev–Trinajstić information content (AvgIpc) is 2.56. The second-order valence-corrected chi connectivity index (χ2v) is 7.04. The van der Waals surface area contributed by atoms with Gasteiger partial charge in [0.1, 0.15) is 0 Å². The van der Waals surface area contributed by atoms with Crippen molar-refractivity contribution >= 4 is 22.7 Å². The van der Waals surface area contributed by atoms with Gasteiger partial charge < -0.3 is 5.32 Å². The zero-order valence-corrected chi connectivity index (χ0v) is 13.8. The Hall–Kier alpha value is -1.29. The third-order valence-corrected chi connectivity index (χ3v) is 5.34. The molecule has 116 valence electrons. The van der Waals surface area contributed by atoms with E-state index in [1.54, 1.807) is 0 Å². The molecule has 0 spiro atoms. The number of nitrogens with one attached hydrogen (secondary N) is 1. The monoisotopic (exact) mass is 312 g/mol. The van der Waals surface area contributed by atoms with E-state index in [4.69, 9.17) is 0 Å². The number of benzene rings is 2. The van der Waals surface area contributed by atoms with Gasteiger partial charge in [-0.2, -0.15) is 0 Å². The lowest BCUT2D eigenvalue weighted by Gasteiger charge is -2.28. The number of fused-ring (bicyclic) bond motifs is 1. The van der Waals surface area contributed by atoms with Gasteiger partial charge in [-0.15, -0.1) is 6.58 Å². The molecule has 0 radical (unpaired) electrons. The van der Waals surface area contributed by atoms with Crippen LogP contribution in [0.15, 0.2) is 60.0 Å². The van der Waals surface area contributed by atoms with Gasteiger partial charge >= 0.3 is 0 Å². The Morgan fingerprint density at radius 2 is 1.91 bits per heavy atom. The fraction of sp³-hybridized carbons (Fsp3) is 0.368. The molecule has 2 nitrogen and oxygen atoms in total. The summed E-state index contributed by atoms with van der Waals surface area (Å²) in [5.41, 5.74) is 0. The predicted molar refractivity (Wildman–Crippen MR) is 97.2 cm³/mol. The van der Waals surface area contributed by atoms with E-state index in [1.165, 1.54) is 28.5 Å². The van der Waals surface area contributed by atoms with Gasteiger partial charge in [0.15, 0.2) is 0 Å². The Kier molecular flexibility index (Phi) is 5.54. The fourth-order valence-corrected chi connectivity index (χ4v) is 4.23. The lowest BCUT2D eigenvalue weighted by atomic mass is 9.98. The van der Waals surface area contributed by atoms with E-state index in [2.05, 4.69) is 58.7 Å². The van der Waals surface area contributed by atoms with Crippen LogP contribution < -0.4 is 5.32 Å². The lowest BCUT2D eigenvalue weighted by Crippen LogP contribution is -2.33. The van der Waals surface area contributed by atoms with E-state index in [-0.39, 0.29) is 0 Å². The molecule has 0 amide bonds. The van der Waals surface area contributed by atoms with Crippen LogP contribution in [0.1, 0.15) is 12.8 Å². The first-order valence-corrected chi connectivity index (χ1v) is 8.86. The van der Waals surface area contributed by atoms with Crippen molar-refractivity contribution < 1.29 is 0 Å². The molecule has 1 N–H and O–H groups in total. The molecule has 0 saturated carbocycles. The molecule has 1 heterocycles. The summed E-state index contributed by atoms with van der Waals surface area (Å²) < 4.78 is 2.46. The molecule has 0 atom stereocenters. The van der Waals surface area contributed by atoms with Crippen molar-refractivity contribution in [3.05, 3.63) is 55.1 Å². The molecule has 22 heavy (non-hydrogen) atoms. The maximum absolute atomic E-state index is 3.93. The van der Waals surface area contributed by atoms with Crippen LogP contribution in [0.3, 0.4) is 0 Å². The van der Waals surface area contributed by atoms with Gasteiger partial charge in [-0.25, -0.2) is 4.31 Å². The summed E-state index contributed by atoms with van der Waals surface area (Å²) in [7, 11) is 0. The summed E-state index contributed by atoms with van der Waals surface area (Å²) in [5, 5.41) is 6.10. The quantitative estimate of drug-likeness (QED) is 0.631.